The first-order valence-electron chi connectivity index (χ1n) is 8.50. The van der Waals surface area contributed by atoms with E-state index in [0.717, 1.165) is 23.0 Å². The van der Waals surface area contributed by atoms with Crippen LogP contribution in [0.2, 0.25) is 0 Å². The number of rotatable bonds is 4. The van der Waals surface area contributed by atoms with Crippen molar-refractivity contribution in [3.63, 3.8) is 0 Å². The summed E-state index contributed by atoms with van der Waals surface area (Å²) in [5, 5.41) is 3.56. The smallest absolute Gasteiger partial charge is 0.223 e. The molecule has 2 unspecified atom stereocenters. The summed E-state index contributed by atoms with van der Waals surface area (Å²) in [5.41, 5.74) is 2.01. The number of ether oxygens (including phenoxy) is 1. The Morgan fingerprint density at radius 3 is 2.61 bits per heavy atom. The quantitative estimate of drug-likeness (QED) is 0.843. The average Bonchev–Trinajstić information content (AvgIpc) is 2.80. The molecule has 1 N–H and O–H groups in total. The molecular formula is C19H25N3O. The van der Waals surface area contributed by atoms with Gasteiger partial charge >= 0.3 is 0 Å². The largest absolute Gasteiger partial charge is 0.497 e. The maximum absolute atomic E-state index is 5.21. The van der Waals surface area contributed by atoms with Crippen molar-refractivity contribution in [1.82, 2.24) is 9.97 Å². The molecule has 0 radical (unpaired) electrons. The zero-order chi connectivity index (χ0) is 16.1. The van der Waals surface area contributed by atoms with Gasteiger partial charge < -0.3 is 10.1 Å². The van der Waals surface area contributed by atoms with E-state index in [4.69, 9.17) is 9.72 Å². The van der Waals surface area contributed by atoms with Crippen LogP contribution in [0.25, 0.3) is 11.3 Å². The minimum absolute atomic E-state index is 0.476. The number of nitrogens with one attached hydrogen (secondary N) is 1. The molecule has 1 aliphatic carbocycles. The summed E-state index contributed by atoms with van der Waals surface area (Å²) in [6, 6.07) is 10.4. The number of hydrogen-bond donors (Lipinski definition) is 1. The SMILES string of the molecule is COc1ccc(-c2ccnc(NC3CCCCCC3C)n2)cc1. The number of methoxy groups -OCH3 is 1. The fraction of sp³-hybridized carbons (Fsp3) is 0.474. The lowest BCUT2D eigenvalue weighted by Gasteiger charge is -2.22. The molecule has 0 bridgehead atoms. The molecule has 0 amide bonds. The third-order valence-electron chi connectivity index (χ3n) is 4.72. The average molecular weight is 311 g/mol. The summed E-state index contributed by atoms with van der Waals surface area (Å²) in [6.45, 7) is 2.33. The Balaban J connectivity index is 1.76. The van der Waals surface area contributed by atoms with E-state index in [-0.39, 0.29) is 0 Å². The Hall–Kier alpha value is -2.10. The maximum Gasteiger partial charge on any atom is 0.223 e. The number of benzene rings is 1. The molecule has 2 aromatic rings. The molecule has 122 valence electrons. The van der Waals surface area contributed by atoms with Crippen LogP contribution in [-0.2, 0) is 0 Å². The van der Waals surface area contributed by atoms with Gasteiger partial charge in [0, 0.05) is 17.8 Å². The molecule has 0 saturated heterocycles. The first kappa shape index (κ1) is 15.8. The minimum atomic E-state index is 0.476. The zero-order valence-electron chi connectivity index (χ0n) is 14.0. The lowest BCUT2D eigenvalue weighted by atomic mass is 9.97. The van der Waals surface area contributed by atoms with Crippen LogP contribution in [0.15, 0.2) is 36.5 Å². The predicted molar refractivity (Wildman–Crippen MR) is 93.7 cm³/mol. The second-order valence-corrected chi connectivity index (χ2v) is 6.36. The Bertz CT molecular complexity index is 627. The van der Waals surface area contributed by atoms with Crippen LogP contribution in [0.3, 0.4) is 0 Å². The van der Waals surface area contributed by atoms with Crippen LogP contribution in [-0.4, -0.2) is 23.1 Å². The van der Waals surface area contributed by atoms with Crippen LogP contribution in [0.5, 0.6) is 5.75 Å². The highest BCUT2D eigenvalue weighted by atomic mass is 16.5. The van der Waals surface area contributed by atoms with Crippen molar-refractivity contribution in [3.8, 4) is 17.0 Å². The number of hydrogen-bond acceptors (Lipinski definition) is 4. The van der Waals surface area contributed by atoms with E-state index >= 15 is 0 Å². The van der Waals surface area contributed by atoms with Gasteiger partial charge in [0.2, 0.25) is 5.95 Å². The summed E-state index contributed by atoms with van der Waals surface area (Å²) >= 11 is 0. The third-order valence-corrected chi connectivity index (χ3v) is 4.72. The summed E-state index contributed by atoms with van der Waals surface area (Å²) in [7, 11) is 1.68. The van der Waals surface area contributed by atoms with E-state index in [2.05, 4.69) is 17.2 Å². The van der Waals surface area contributed by atoms with E-state index in [1.807, 2.05) is 36.5 Å². The van der Waals surface area contributed by atoms with E-state index in [0.29, 0.717) is 12.0 Å². The van der Waals surface area contributed by atoms with Crippen molar-refractivity contribution in [2.45, 2.75) is 45.1 Å². The summed E-state index contributed by atoms with van der Waals surface area (Å²) < 4.78 is 5.21. The lowest BCUT2D eigenvalue weighted by Crippen LogP contribution is -2.27. The summed E-state index contributed by atoms with van der Waals surface area (Å²) in [4.78, 5) is 9.11. The van der Waals surface area contributed by atoms with Gasteiger partial charge in [0.05, 0.1) is 12.8 Å². The predicted octanol–water partition coefficient (Wildman–Crippen LogP) is 4.53. The molecular weight excluding hydrogens is 286 g/mol. The molecule has 23 heavy (non-hydrogen) atoms. The van der Waals surface area contributed by atoms with Gasteiger partial charge in [-0.15, -0.1) is 0 Å². The molecule has 3 rings (SSSR count). The van der Waals surface area contributed by atoms with Crippen LogP contribution in [0, 0.1) is 5.92 Å². The minimum Gasteiger partial charge on any atom is -0.497 e. The maximum atomic E-state index is 5.21. The van der Waals surface area contributed by atoms with Gasteiger partial charge in [0.15, 0.2) is 0 Å². The highest BCUT2D eigenvalue weighted by Gasteiger charge is 2.20. The number of nitrogens with zero attached hydrogens (tertiary/aromatic N) is 2. The van der Waals surface area contributed by atoms with E-state index in [9.17, 15) is 0 Å². The second-order valence-electron chi connectivity index (χ2n) is 6.36. The Labute approximate surface area is 138 Å². The van der Waals surface area contributed by atoms with Gasteiger partial charge in [-0.2, -0.15) is 0 Å². The molecule has 1 aromatic carbocycles. The molecule has 1 aromatic heterocycles. The standard InChI is InChI=1S/C19H25N3O/c1-14-6-4-3-5-7-17(14)21-19-20-13-12-18(22-19)15-8-10-16(23-2)11-9-15/h8-14,17H,3-7H2,1-2H3,(H,20,21,22). The molecule has 0 spiro atoms. The van der Waals surface area contributed by atoms with Gasteiger partial charge in [-0.05, 0) is 49.1 Å². The first-order valence-corrected chi connectivity index (χ1v) is 8.50. The molecule has 1 aliphatic rings. The van der Waals surface area contributed by atoms with E-state index in [1.165, 1.54) is 32.1 Å². The Kier molecular flexibility index (Phi) is 5.11. The molecule has 0 aliphatic heterocycles. The number of aromatic nitrogens is 2. The van der Waals surface area contributed by atoms with Crippen molar-refractivity contribution in [2.24, 2.45) is 5.92 Å². The summed E-state index contributed by atoms with van der Waals surface area (Å²) in [6.07, 6.45) is 8.30. The van der Waals surface area contributed by atoms with Crippen molar-refractivity contribution in [1.29, 1.82) is 0 Å². The lowest BCUT2D eigenvalue weighted by molar-refractivity contribution is 0.415. The van der Waals surface area contributed by atoms with Gasteiger partial charge in [-0.25, -0.2) is 9.97 Å². The van der Waals surface area contributed by atoms with Gasteiger partial charge in [0.25, 0.3) is 0 Å². The van der Waals surface area contributed by atoms with Crippen LogP contribution >= 0.6 is 0 Å². The second kappa shape index (κ2) is 7.44. The van der Waals surface area contributed by atoms with Crippen LogP contribution in [0.4, 0.5) is 5.95 Å². The topological polar surface area (TPSA) is 47.0 Å². The van der Waals surface area contributed by atoms with Crippen molar-refractivity contribution in [3.05, 3.63) is 36.5 Å². The molecule has 4 nitrogen and oxygen atoms in total. The normalized spacial score (nSPS) is 21.5. The van der Waals surface area contributed by atoms with E-state index in [1.54, 1.807) is 7.11 Å². The third kappa shape index (κ3) is 4.01. The van der Waals surface area contributed by atoms with Gasteiger partial charge in [-0.1, -0.05) is 26.2 Å². The van der Waals surface area contributed by atoms with Gasteiger partial charge in [0.1, 0.15) is 5.75 Å². The first-order chi connectivity index (χ1) is 11.3. The fourth-order valence-electron chi connectivity index (χ4n) is 3.22. The highest BCUT2D eigenvalue weighted by molar-refractivity contribution is 5.61. The van der Waals surface area contributed by atoms with Crippen LogP contribution < -0.4 is 10.1 Å². The van der Waals surface area contributed by atoms with Gasteiger partial charge in [-0.3, -0.25) is 0 Å². The number of anilines is 1. The molecule has 1 saturated carbocycles. The zero-order valence-corrected chi connectivity index (χ0v) is 14.0. The molecule has 1 heterocycles. The van der Waals surface area contributed by atoms with E-state index < -0.39 is 0 Å². The Morgan fingerprint density at radius 1 is 1.04 bits per heavy atom. The highest BCUT2D eigenvalue weighted by Crippen LogP contribution is 2.26. The Morgan fingerprint density at radius 2 is 1.83 bits per heavy atom. The monoisotopic (exact) mass is 311 g/mol. The van der Waals surface area contributed by atoms with Crippen LogP contribution in [0.1, 0.15) is 39.0 Å². The molecule has 2 atom stereocenters. The summed E-state index contributed by atoms with van der Waals surface area (Å²) in [5.74, 6) is 2.26. The molecule has 1 fully saturated rings. The van der Waals surface area contributed by atoms with Crippen molar-refractivity contribution >= 4 is 5.95 Å². The van der Waals surface area contributed by atoms with Crippen molar-refractivity contribution < 1.29 is 4.74 Å². The molecule has 4 heteroatoms. The fourth-order valence-corrected chi connectivity index (χ4v) is 3.22. The van der Waals surface area contributed by atoms with Crippen molar-refractivity contribution in [2.75, 3.05) is 12.4 Å².